The molecule has 0 radical (unpaired) electrons. The van der Waals surface area contributed by atoms with E-state index in [0.29, 0.717) is 16.5 Å². The normalized spacial score (nSPS) is 11.7. The third-order valence-electron chi connectivity index (χ3n) is 2.99. The van der Waals surface area contributed by atoms with E-state index in [1.54, 1.807) is 12.1 Å². The molecule has 1 amide bonds. The second kappa shape index (κ2) is 7.28. The highest BCUT2D eigenvalue weighted by Crippen LogP contribution is 2.28. The highest BCUT2D eigenvalue weighted by atomic mass is 35.5. The van der Waals surface area contributed by atoms with Crippen LogP contribution in [0, 0.1) is 11.6 Å². The zero-order valence-electron chi connectivity index (χ0n) is 12.4. The molecule has 122 valence electrons. The van der Waals surface area contributed by atoms with Crippen molar-refractivity contribution in [1.82, 2.24) is 0 Å². The highest BCUT2D eigenvalue weighted by Gasteiger charge is 2.17. The van der Waals surface area contributed by atoms with Crippen LogP contribution in [-0.4, -0.2) is 19.1 Å². The summed E-state index contributed by atoms with van der Waals surface area (Å²) in [5.41, 5.74) is 0.380. The summed E-state index contributed by atoms with van der Waals surface area (Å²) in [6, 6.07) is 7.80. The second-order valence-corrected chi connectivity index (χ2v) is 5.11. The monoisotopic (exact) mass is 341 g/mol. The van der Waals surface area contributed by atoms with Crippen LogP contribution in [0.5, 0.6) is 11.5 Å². The molecule has 2 aromatic rings. The fourth-order valence-electron chi connectivity index (χ4n) is 1.82. The van der Waals surface area contributed by atoms with Gasteiger partial charge in [0.2, 0.25) is 0 Å². The average Bonchev–Trinajstić information content (AvgIpc) is 2.51. The number of anilines is 1. The molecule has 0 heterocycles. The van der Waals surface area contributed by atoms with Gasteiger partial charge in [0.15, 0.2) is 17.7 Å². The van der Waals surface area contributed by atoms with E-state index in [4.69, 9.17) is 21.1 Å². The lowest BCUT2D eigenvalue weighted by Crippen LogP contribution is -2.30. The largest absolute Gasteiger partial charge is 0.495 e. The van der Waals surface area contributed by atoms with Crippen LogP contribution in [-0.2, 0) is 4.79 Å². The first kappa shape index (κ1) is 17.0. The fourth-order valence-corrected chi connectivity index (χ4v) is 1.99. The van der Waals surface area contributed by atoms with Gasteiger partial charge in [-0.15, -0.1) is 0 Å². The van der Waals surface area contributed by atoms with E-state index in [0.717, 1.165) is 12.1 Å². The Morgan fingerprint density at radius 1 is 1.17 bits per heavy atom. The Morgan fingerprint density at radius 2 is 1.91 bits per heavy atom. The minimum Gasteiger partial charge on any atom is -0.495 e. The van der Waals surface area contributed by atoms with Crippen molar-refractivity contribution in [2.75, 3.05) is 12.4 Å². The Kier molecular flexibility index (Phi) is 5.39. The zero-order valence-corrected chi connectivity index (χ0v) is 13.2. The summed E-state index contributed by atoms with van der Waals surface area (Å²) in [4.78, 5) is 12.1. The average molecular weight is 342 g/mol. The van der Waals surface area contributed by atoms with Crippen LogP contribution >= 0.6 is 11.6 Å². The number of carbonyl (C=O) groups excluding carboxylic acids is 1. The summed E-state index contributed by atoms with van der Waals surface area (Å²) in [6.45, 7) is 1.48. The van der Waals surface area contributed by atoms with Gasteiger partial charge in [-0.2, -0.15) is 0 Å². The quantitative estimate of drug-likeness (QED) is 0.893. The molecule has 2 aromatic carbocycles. The van der Waals surface area contributed by atoms with Crippen molar-refractivity contribution in [3.05, 3.63) is 53.1 Å². The maximum absolute atomic E-state index is 13.1. The molecule has 0 aliphatic carbocycles. The number of hydrogen-bond donors (Lipinski definition) is 1. The molecule has 0 fully saturated rings. The van der Waals surface area contributed by atoms with Crippen LogP contribution < -0.4 is 14.8 Å². The zero-order chi connectivity index (χ0) is 17.0. The topological polar surface area (TPSA) is 47.6 Å². The Hall–Kier alpha value is -2.34. The van der Waals surface area contributed by atoms with Gasteiger partial charge in [0.05, 0.1) is 12.8 Å². The van der Waals surface area contributed by atoms with Crippen LogP contribution in [0.15, 0.2) is 36.4 Å². The summed E-state index contributed by atoms with van der Waals surface area (Å²) in [6.07, 6.45) is -0.941. The van der Waals surface area contributed by atoms with E-state index in [-0.39, 0.29) is 5.75 Å². The van der Waals surface area contributed by atoms with Gasteiger partial charge in [-0.3, -0.25) is 4.79 Å². The Bertz CT molecular complexity index is 724. The predicted molar refractivity (Wildman–Crippen MR) is 83.1 cm³/mol. The van der Waals surface area contributed by atoms with Crippen molar-refractivity contribution < 1.29 is 23.0 Å². The first-order chi connectivity index (χ1) is 10.9. The second-order valence-electron chi connectivity index (χ2n) is 4.67. The van der Waals surface area contributed by atoms with Gasteiger partial charge < -0.3 is 14.8 Å². The number of ether oxygens (including phenoxy) is 2. The molecule has 0 saturated carbocycles. The van der Waals surface area contributed by atoms with Gasteiger partial charge >= 0.3 is 0 Å². The van der Waals surface area contributed by atoms with E-state index < -0.39 is 23.6 Å². The number of methoxy groups -OCH3 is 1. The predicted octanol–water partition coefficient (Wildman–Crippen LogP) is 4.03. The molecule has 0 aromatic heterocycles. The maximum atomic E-state index is 13.1. The van der Waals surface area contributed by atoms with Crippen LogP contribution in [0.3, 0.4) is 0 Å². The summed E-state index contributed by atoms with van der Waals surface area (Å²) >= 11 is 5.88. The van der Waals surface area contributed by atoms with Gasteiger partial charge in [0.1, 0.15) is 11.5 Å². The van der Waals surface area contributed by atoms with E-state index in [1.165, 1.54) is 26.2 Å². The molecule has 1 atom stereocenters. The minimum absolute atomic E-state index is 0.0459. The van der Waals surface area contributed by atoms with Gasteiger partial charge in [0, 0.05) is 11.1 Å². The molecule has 0 aliphatic heterocycles. The van der Waals surface area contributed by atoms with Crippen molar-refractivity contribution in [3.8, 4) is 11.5 Å². The molecule has 0 saturated heterocycles. The van der Waals surface area contributed by atoms with Gasteiger partial charge in [-0.25, -0.2) is 8.78 Å². The van der Waals surface area contributed by atoms with Crippen LogP contribution in [0.1, 0.15) is 6.92 Å². The number of hydrogen-bond acceptors (Lipinski definition) is 3. The van der Waals surface area contributed by atoms with Crippen LogP contribution in [0.25, 0.3) is 0 Å². The van der Waals surface area contributed by atoms with Crippen molar-refractivity contribution >= 4 is 23.2 Å². The number of halogens is 3. The van der Waals surface area contributed by atoms with Gasteiger partial charge in [0.25, 0.3) is 5.91 Å². The minimum atomic E-state index is -1.05. The first-order valence-corrected chi connectivity index (χ1v) is 7.04. The molecule has 23 heavy (non-hydrogen) atoms. The molecule has 4 nitrogen and oxygen atoms in total. The van der Waals surface area contributed by atoms with Crippen molar-refractivity contribution in [3.63, 3.8) is 0 Å². The molecule has 0 unspecified atom stereocenters. The SMILES string of the molecule is COc1ccc(Cl)cc1NC(=O)[C@@H](C)Oc1ccc(F)c(F)c1. The summed E-state index contributed by atoms with van der Waals surface area (Å²) < 4.78 is 36.4. The van der Waals surface area contributed by atoms with E-state index >= 15 is 0 Å². The number of amides is 1. The van der Waals surface area contributed by atoms with Gasteiger partial charge in [-0.05, 0) is 37.3 Å². The standard InChI is InChI=1S/C16H14ClF2NO3/c1-9(23-11-4-5-12(18)13(19)8-11)16(21)20-14-7-10(17)3-6-15(14)22-2/h3-9H,1-2H3,(H,20,21)/t9-/m1/s1. The number of benzene rings is 2. The van der Waals surface area contributed by atoms with Crippen molar-refractivity contribution in [2.45, 2.75) is 13.0 Å². The number of carbonyl (C=O) groups is 1. The van der Waals surface area contributed by atoms with E-state index in [2.05, 4.69) is 5.32 Å². The summed E-state index contributed by atoms with van der Waals surface area (Å²) in [5.74, 6) is -2.05. The Morgan fingerprint density at radius 3 is 2.57 bits per heavy atom. The van der Waals surface area contributed by atoms with Crippen LogP contribution in [0.4, 0.5) is 14.5 Å². The summed E-state index contributed by atoms with van der Waals surface area (Å²) in [7, 11) is 1.46. The molecule has 0 bridgehead atoms. The van der Waals surface area contributed by atoms with E-state index in [9.17, 15) is 13.6 Å². The van der Waals surface area contributed by atoms with Crippen molar-refractivity contribution in [1.29, 1.82) is 0 Å². The van der Waals surface area contributed by atoms with E-state index in [1.807, 2.05) is 0 Å². The summed E-state index contributed by atoms with van der Waals surface area (Å²) in [5, 5.41) is 3.03. The maximum Gasteiger partial charge on any atom is 0.265 e. The molecule has 0 aliphatic rings. The lowest BCUT2D eigenvalue weighted by atomic mass is 10.2. The van der Waals surface area contributed by atoms with Crippen molar-refractivity contribution in [2.24, 2.45) is 0 Å². The van der Waals surface area contributed by atoms with Gasteiger partial charge in [-0.1, -0.05) is 11.6 Å². The first-order valence-electron chi connectivity index (χ1n) is 6.67. The lowest BCUT2D eigenvalue weighted by molar-refractivity contribution is -0.122. The molecule has 7 heteroatoms. The number of nitrogens with one attached hydrogen (secondary N) is 1. The Balaban J connectivity index is 2.08. The number of rotatable bonds is 5. The lowest BCUT2D eigenvalue weighted by Gasteiger charge is -2.16. The third-order valence-corrected chi connectivity index (χ3v) is 3.23. The fraction of sp³-hybridized carbons (Fsp3) is 0.188. The molecule has 1 N–H and O–H groups in total. The van der Waals surface area contributed by atoms with Crippen LogP contribution in [0.2, 0.25) is 5.02 Å². The Labute approximate surface area is 137 Å². The third kappa shape index (κ3) is 4.32. The molecule has 2 rings (SSSR count). The smallest absolute Gasteiger partial charge is 0.265 e. The molecular formula is C16H14ClF2NO3. The molecular weight excluding hydrogens is 328 g/mol. The highest BCUT2D eigenvalue weighted by molar-refractivity contribution is 6.31. The molecule has 0 spiro atoms.